The molecule has 0 bridgehead atoms. The average Bonchev–Trinajstić information content (AvgIpc) is 2.99. The number of methoxy groups -OCH3 is 6. The van der Waals surface area contributed by atoms with Crippen molar-refractivity contribution in [1.29, 1.82) is 0 Å². The van der Waals surface area contributed by atoms with E-state index in [1.54, 1.807) is 48.5 Å². The van der Waals surface area contributed by atoms with Crippen molar-refractivity contribution in [3.63, 3.8) is 0 Å². The molecule has 0 spiro atoms. The second-order valence-corrected chi connectivity index (χ2v) is 8.75. The summed E-state index contributed by atoms with van der Waals surface area (Å²) in [5, 5.41) is 3.33. The summed E-state index contributed by atoms with van der Waals surface area (Å²) in [7, 11) is 8.61. The van der Waals surface area contributed by atoms with Crippen LogP contribution in [0, 0.1) is 0 Å². The predicted molar refractivity (Wildman–Crippen MR) is 153 cm³/mol. The summed E-state index contributed by atoms with van der Waals surface area (Å²) in [6.45, 7) is 1.39. The number of rotatable bonds is 9. The van der Waals surface area contributed by atoms with E-state index >= 15 is 0 Å². The minimum absolute atomic E-state index is 0.0567. The van der Waals surface area contributed by atoms with Crippen molar-refractivity contribution in [2.24, 2.45) is 0 Å². The van der Waals surface area contributed by atoms with Gasteiger partial charge in [-0.05, 0) is 54.1 Å². The summed E-state index contributed by atoms with van der Waals surface area (Å²) in [4.78, 5) is 39.2. The number of pyridine rings is 1. The Morgan fingerprint density at radius 3 is 1.71 bits per heavy atom. The average molecular weight is 563 g/mol. The molecule has 0 saturated carbocycles. The second-order valence-electron chi connectivity index (χ2n) is 8.75. The van der Waals surface area contributed by atoms with E-state index in [9.17, 15) is 14.4 Å². The van der Waals surface area contributed by atoms with E-state index in [0.29, 0.717) is 56.6 Å². The lowest BCUT2D eigenvalue weighted by Gasteiger charge is -2.21. The Balaban J connectivity index is 2.23. The molecule has 11 heteroatoms. The van der Waals surface area contributed by atoms with Crippen molar-refractivity contribution in [3.8, 4) is 45.6 Å². The number of esters is 1. The third-order valence-corrected chi connectivity index (χ3v) is 6.46. The van der Waals surface area contributed by atoms with Crippen molar-refractivity contribution >= 4 is 28.3 Å². The Bertz CT molecular complexity index is 1670. The first-order chi connectivity index (χ1) is 19.7. The summed E-state index contributed by atoms with van der Waals surface area (Å²) in [5.41, 5.74) is 1.13. The minimum Gasteiger partial charge on any atom is -0.493 e. The van der Waals surface area contributed by atoms with Gasteiger partial charge >= 0.3 is 5.97 Å². The maximum absolute atomic E-state index is 14.2. The van der Waals surface area contributed by atoms with Gasteiger partial charge in [0.25, 0.3) is 5.56 Å². The van der Waals surface area contributed by atoms with Crippen molar-refractivity contribution in [2.45, 2.75) is 6.92 Å². The van der Waals surface area contributed by atoms with Crippen molar-refractivity contribution < 1.29 is 38.0 Å². The lowest BCUT2D eigenvalue weighted by Crippen LogP contribution is -2.27. The van der Waals surface area contributed by atoms with Gasteiger partial charge < -0.3 is 33.7 Å². The molecular formula is C30H30N2O9. The Kier molecular flexibility index (Phi) is 8.37. The first kappa shape index (κ1) is 28.8. The Labute approximate surface area is 236 Å². The topological polar surface area (TPSA) is 124 Å². The van der Waals surface area contributed by atoms with Crippen LogP contribution in [-0.4, -0.2) is 59.1 Å². The van der Waals surface area contributed by atoms with E-state index in [0.717, 1.165) is 0 Å². The molecule has 0 unspecified atom stereocenters. The van der Waals surface area contributed by atoms with Crippen LogP contribution in [0.15, 0.2) is 53.3 Å². The highest BCUT2D eigenvalue weighted by Gasteiger charge is 2.28. The second kappa shape index (κ2) is 11.9. The Morgan fingerprint density at radius 2 is 1.24 bits per heavy atom. The number of benzene rings is 3. The van der Waals surface area contributed by atoms with Gasteiger partial charge in [0, 0.05) is 29.2 Å². The van der Waals surface area contributed by atoms with Crippen LogP contribution in [-0.2, 0) is 9.53 Å². The van der Waals surface area contributed by atoms with Crippen LogP contribution in [0.4, 0.5) is 5.69 Å². The molecule has 214 valence electrons. The lowest BCUT2D eigenvalue weighted by molar-refractivity contribution is -0.114. The molecule has 0 aliphatic heterocycles. The molecule has 1 aromatic heterocycles. The molecular weight excluding hydrogens is 532 g/mol. The maximum atomic E-state index is 14.2. The zero-order valence-electron chi connectivity index (χ0n) is 23.7. The molecule has 0 atom stereocenters. The molecule has 1 N–H and O–H groups in total. The number of aromatic nitrogens is 1. The van der Waals surface area contributed by atoms with E-state index in [1.165, 1.54) is 54.1 Å². The molecule has 0 aliphatic carbocycles. The Morgan fingerprint density at radius 1 is 0.707 bits per heavy atom. The SMILES string of the molecule is COC(=O)c1c(-c2cc(OC)c(OC)c(OC)c2)c2cc(OC)c(OC)cc2c(=O)n1-c1ccc(NC(C)=O)cc1. The summed E-state index contributed by atoms with van der Waals surface area (Å²) in [5.74, 6) is 0.680. The van der Waals surface area contributed by atoms with Crippen LogP contribution in [0.5, 0.6) is 28.7 Å². The number of hydrogen-bond donors (Lipinski definition) is 1. The monoisotopic (exact) mass is 562 g/mol. The minimum atomic E-state index is -0.770. The quantitative estimate of drug-likeness (QED) is 0.295. The molecule has 4 aromatic rings. The molecule has 0 aliphatic rings. The third-order valence-electron chi connectivity index (χ3n) is 6.46. The number of anilines is 1. The Hall–Kier alpha value is -5.19. The fraction of sp³-hybridized carbons (Fsp3) is 0.233. The number of hydrogen-bond acceptors (Lipinski definition) is 9. The highest BCUT2D eigenvalue weighted by molar-refractivity contribution is 6.08. The molecule has 4 rings (SSSR count). The van der Waals surface area contributed by atoms with Crippen LogP contribution >= 0.6 is 0 Å². The molecule has 0 saturated heterocycles. The van der Waals surface area contributed by atoms with Gasteiger partial charge in [-0.25, -0.2) is 4.79 Å². The van der Waals surface area contributed by atoms with Crippen molar-refractivity contribution in [1.82, 2.24) is 4.57 Å². The molecule has 11 nitrogen and oxygen atoms in total. The normalized spacial score (nSPS) is 10.6. The van der Waals surface area contributed by atoms with Gasteiger partial charge in [0.15, 0.2) is 23.0 Å². The van der Waals surface area contributed by atoms with Gasteiger partial charge in [-0.2, -0.15) is 0 Å². The van der Waals surface area contributed by atoms with Gasteiger partial charge in [0.1, 0.15) is 5.69 Å². The highest BCUT2D eigenvalue weighted by Crippen LogP contribution is 2.45. The summed E-state index contributed by atoms with van der Waals surface area (Å²) >= 11 is 0. The fourth-order valence-electron chi connectivity index (χ4n) is 4.68. The maximum Gasteiger partial charge on any atom is 0.355 e. The molecule has 1 amide bonds. The van der Waals surface area contributed by atoms with E-state index in [1.807, 2.05) is 0 Å². The third kappa shape index (κ3) is 5.21. The summed E-state index contributed by atoms with van der Waals surface area (Å²) in [6, 6.07) is 13.0. The molecule has 1 heterocycles. The largest absolute Gasteiger partial charge is 0.493 e. The number of ether oxygens (including phenoxy) is 6. The lowest BCUT2D eigenvalue weighted by atomic mass is 9.95. The number of carbonyl (C=O) groups excluding carboxylic acids is 2. The van der Waals surface area contributed by atoms with Gasteiger partial charge in [0.05, 0.1) is 48.0 Å². The summed E-state index contributed by atoms with van der Waals surface area (Å²) in [6.07, 6.45) is 0. The van der Waals surface area contributed by atoms with Crippen LogP contribution in [0.1, 0.15) is 17.4 Å². The highest BCUT2D eigenvalue weighted by atomic mass is 16.5. The molecule has 0 radical (unpaired) electrons. The van der Waals surface area contributed by atoms with Crippen molar-refractivity contribution in [3.05, 3.63) is 64.6 Å². The van der Waals surface area contributed by atoms with E-state index in [4.69, 9.17) is 28.4 Å². The molecule has 0 fully saturated rings. The number of fused-ring (bicyclic) bond motifs is 1. The van der Waals surface area contributed by atoms with Gasteiger partial charge in [-0.3, -0.25) is 14.2 Å². The van der Waals surface area contributed by atoms with E-state index in [2.05, 4.69) is 5.32 Å². The van der Waals surface area contributed by atoms with E-state index < -0.39 is 11.5 Å². The van der Waals surface area contributed by atoms with E-state index in [-0.39, 0.29) is 17.0 Å². The molecule has 3 aromatic carbocycles. The van der Waals surface area contributed by atoms with Crippen LogP contribution in [0.3, 0.4) is 0 Å². The van der Waals surface area contributed by atoms with Crippen LogP contribution < -0.4 is 34.6 Å². The van der Waals surface area contributed by atoms with Gasteiger partial charge in [-0.1, -0.05) is 0 Å². The standard InChI is InChI=1S/C30H30N2O9/c1-16(33)31-18-8-10-19(11-9-18)32-27(30(35)41-7)26(17-12-24(38-4)28(40-6)25(13-17)39-5)20-14-22(36-2)23(37-3)15-21(20)29(32)34/h8-15H,1-7H3,(H,31,33). The number of carbonyl (C=O) groups is 2. The predicted octanol–water partition coefficient (Wildman–Crippen LogP) is 4.45. The zero-order chi connectivity index (χ0) is 29.8. The first-order valence-corrected chi connectivity index (χ1v) is 12.3. The molecule has 41 heavy (non-hydrogen) atoms. The summed E-state index contributed by atoms with van der Waals surface area (Å²) < 4.78 is 34.1. The number of amides is 1. The van der Waals surface area contributed by atoms with Gasteiger partial charge in [-0.15, -0.1) is 0 Å². The van der Waals surface area contributed by atoms with Gasteiger partial charge in [0.2, 0.25) is 11.7 Å². The van der Waals surface area contributed by atoms with Crippen LogP contribution in [0.2, 0.25) is 0 Å². The first-order valence-electron chi connectivity index (χ1n) is 12.3. The zero-order valence-corrected chi connectivity index (χ0v) is 23.7. The number of nitrogens with zero attached hydrogens (tertiary/aromatic N) is 1. The van der Waals surface area contributed by atoms with Crippen LogP contribution in [0.25, 0.3) is 27.6 Å². The smallest absolute Gasteiger partial charge is 0.355 e. The number of nitrogens with one attached hydrogen (secondary N) is 1. The van der Waals surface area contributed by atoms with Crippen molar-refractivity contribution in [2.75, 3.05) is 48.0 Å². The fourth-order valence-corrected chi connectivity index (χ4v) is 4.68.